The molecule has 198 valence electrons. The van der Waals surface area contributed by atoms with Crippen LogP contribution in [0.2, 0.25) is 0 Å². The summed E-state index contributed by atoms with van der Waals surface area (Å²) in [4.78, 5) is 47.1. The Morgan fingerprint density at radius 3 is 1.29 bits per heavy atom. The van der Waals surface area contributed by atoms with Gasteiger partial charge >= 0.3 is 23.9 Å². The molecule has 9 nitrogen and oxygen atoms in total. The molecule has 1 atom stereocenters. The van der Waals surface area contributed by atoms with Gasteiger partial charge in [-0.2, -0.15) is 0 Å². The van der Waals surface area contributed by atoms with E-state index in [-0.39, 0.29) is 57.9 Å². The van der Waals surface area contributed by atoms with Crippen LogP contribution in [0.15, 0.2) is 38.0 Å². The maximum absolute atomic E-state index is 12.1. The van der Waals surface area contributed by atoms with Gasteiger partial charge in [-0.05, 0) is 18.8 Å². The van der Waals surface area contributed by atoms with Crippen molar-refractivity contribution in [2.75, 3.05) is 39.6 Å². The van der Waals surface area contributed by atoms with Crippen molar-refractivity contribution in [3.8, 4) is 0 Å². The zero-order chi connectivity index (χ0) is 26.9. The molecular formula is C26H40O9. The molecule has 0 saturated carbocycles. The van der Waals surface area contributed by atoms with Crippen LogP contribution in [0.5, 0.6) is 0 Å². The molecule has 0 amide bonds. The van der Waals surface area contributed by atoms with Crippen molar-refractivity contribution in [3.63, 3.8) is 0 Å². The Kier molecular flexibility index (Phi) is 15.2. The van der Waals surface area contributed by atoms with Gasteiger partial charge in [0.1, 0.15) is 26.4 Å². The molecule has 0 N–H and O–H groups in total. The van der Waals surface area contributed by atoms with E-state index in [1.807, 2.05) is 27.7 Å². The van der Waals surface area contributed by atoms with Crippen molar-refractivity contribution in [1.29, 1.82) is 0 Å². The lowest BCUT2D eigenvalue weighted by Crippen LogP contribution is -2.42. The standard InChI is InChI=1S/C26H40O9/c1-8-21(27)32-16-25(11-4,17-33-22(28)9-2)14-31-15-26(12-5,18-34-23(29)10-3)19-35-24(30)13-20(6)7/h8-10,20H,1-3,11-19H2,4-7H3. The van der Waals surface area contributed by atoms with Crippen LogP contribution in [0.4, 0.5) is 0 Å². The number of carbonyl (C=O) groups is 4. The summed E-state index contributed by atoms with van der Waals surface area (Å²) in [5.74, 6) is -2.06. The lowest BCUT2D eigenvalue weighted by atomic mass is 9.86. The van der Waals surface area contributed by atoms with Crippen LogP contribution in [0.25, 0.3) is 0 Å². The molecule has 0 aromatic heterocycles. The number of ether oxygens (including phenoxy) is 5. The van der Waals surface area contributed by atoms with Crippen molar-refractivity contribution >= 4 is 23.9 Å². The molecule has 1 unspecified atom stereocenters. The van der Waals surface area contributed by atoms with Gasteiger partial charge in [-0.3, -0.25) is 4.79 Å². The summed E-state index contributed by atoms with van der Waals surface area (Å²) < 4.78 is 27.2. The second-order valence-electron chi connectivity index (χ2n) is 8.89. The molecule has 0 radical (unpaired) electrons. The van der Waals surface area contributed by atoms with Gasteiger partial charge in [-0.1, -0.05) is 47.4 Å². The monoisotopic (exact) mass is 496 g/mol. The molecule has 0 saturated heterocycles. The zero-order valence-electron chi connectivity index (χ0n) is 21.5. The van der Waals surface area contributed by atoms with E-state index < -0.39 is 28.7 Å². The highest BCUT2D eigenvalue weighted by Crippen LogP contribution is 2.29. The van der Waals surface area contributed by atoms with Crippen LogP contribution < -0.4 is 0 Å². The summed E-state index contributed by atoms with van der Waals surface area (Å²) in [7, 11) is 0. The molecule has 0 aliphatic heterocycles. The summed E-state index contributed by atoms with van der Waals surface area (Å²) >= 11 is 0. The number of esters is 4. The fraction of sp³-hybridized carbons (Fsp3) is 0.615. The molecular weight excluding hydrogens is 456 g/mol. The van der Waals surface area contributed by atoms with Gasteiger partial charge in [-0.15, -0.1) is 0 Å². The van der Waals surface area contributed by atoms with Gasteiger partial charge in [0.15, 0.2) is 0 Å². The third-order valence-electron chi connectivity index (χ3n) is 5.49. The van der Waals surface area contributed by atoms with Crippen molar-refractivity contribution in [3.05, 3.63) is 38.0 Å². The summed E-state index contributed by atoms with van der Waals surface area (Å²) in [6.07, 6.45) is 4.32. The smallest absolute Gasteiger partial charge is 0.330 e. The highest BCUT2D eigenvalue weighted by atomic mass is 16.6. The predicted molar refractivity (Wildman–Crippen MR) is 130 cm³/mol. The zero-order valence-corrected chi connectivity index (χ0v) is 21.5. The molecule has 0 rings (SSSR count). The molecule has 0 aromatic rings. The van der Waals surface area contributed by atoms with Crippen LogP contribution in [0.3, 0.4) is 0 Å². The van der Waals surface area contributed by atoms with Crippen LogP contribution in [-0.2, 0) is 42.9 Å². The van der Waals surface area contributed by atoms with E-state index in [1.54, 1.807) is 0 Å². The first-order valence-corrected chi connectivity index (χ1v) is 11.6. The largest absolute Gasteiger partial charge is 0.465 e. The van der Waals surface area contributed by atoms with Gasteiger partial charge in [-0.25, -0.2) is 14.4 Å². The Hall–Kier alpha value is -2.94. The van der Waals surface area contributed by atoms with E-state index in [0.717, 1.165) is 18.2 Å². The fourth-order valence-corrected chi connectivity index (χ4v) is 2.82. The van der Waals surface area contributed by atoms with Crippen LogP contribution in [0.1, 0.15) is 47.0 Å². The summed E-state index contributed by atoms with van der Waals surface area (Å²) in [5.41, 5.74) is -1.66. The third kappa shape index (κ3) is 12.9. The Bertz CT molecular complexity index is 717. The van der Waals surface area contributed by atoms with E-state index in [2.05, 4.69) is 19.7 Å². The van der Waals surface area contributed by atoms with E-state index in [9.17, 15) is 19.2 Å². The van der Waals surface area contributed by atoms with Gasteiger partial charge in [0.25, 0.3) is 0 Å². The molecule has 0 aliphatic rings. The topological polar surface area (TPSA) is 114 Å². The maximum atomic E-state index is 12.1. The average Bonchev–Trinajstić information content (AvgIpc) is 2.85. The van der Waals surface area contributed by atoms with E-state index in [0.29, 0.717) is 12.8 Å². The highest BCUT2D eigenvalue weighted by Gasteiger charge is 2.36. The normalized spacial score (nSPS) is 12.7. The van der Waals surface area contributed by atoms with Gasteiger partial charge in [0.2, 0.25) is 0 Å². The number of rotatable bonds is 19. The van der Waals surface area contributed by atoms with Crippen molar-refractivity contribution in [1.82, 2.24) is 0 Å². The molecule has 0 bridgehead atoms. The lowest BCUT2D eigenvalue weighted by Gasteiger charge is -2.35. The molecule has 35 heavy (non-hydrogen) atoms. The Morgan fingerprint density at radius 2 is 1.00 bits per heavy atom. The van der Waals surface area contributed by atoms with Crippen LogP contribution in [-0.4, -0.2) is 63.5 Å². The number of carbonyl (C=O) groups excluding carboxylic acids is 4. The molecule has 0 aliphatic carbocycles. The first kappa shape index (κ1) is 32.1. The summed E-state index contributed by atoms with van der Waals surface area (Å²) in [6.45, 7) is 17.6. The van der Waals surface area contributed by atoms with Crippen LogP contribution >= 0.6 is 0 Å². The SMILES string of the molecule is C=CC(=O)OCC(CC)(COCC(CC)(COC(=O)C=C)COC(=O)CC(C)C)COC(=O)C=C. The quantitative estimate of drug-likeness (QED) is 0.150. The first-order valence-electron chi connectivity index (χ1n) is 11.6. The molecule has 9 heteroatoms. The fourth-order valence-electron chi connectivity index (χ4n) is 2.82. The predicted octanol–water partition coefficient (Wildman–Crippen LogP) is 3.57. The Morgan fingerprint density at radius 1 is 0.657 bits per heavy atom. The molecule has 0 spiro atoms. The number of hydrogen-bond donors (Lipinski definition) is 0. The summed E-state index contributed by atoms with van der Waals surface area (Å²) in [6, 6.07) is 0. The summed E-state index contributed by atoms with van der Waals surface area (Å²) in [5, 5.41) is 0. The lowest BCUT2D eigenvalue weighted by molar-refractivity contribution is -0.159. The second kappa shape index (κ2) is 16.6. The Labute approximate surface area is 208 Å². The van der Waals surface area contributed by atoms with Crippen molar-refractivity contribution in [2.24, 2.45) is 16.7 Å². The minimum Gasteiger partial charge on any atom is -0.465 e. The minimum absolute atomic E-state index is 0.0184. The molecule has 0 fully saturated rings. The molecule has 0 aromatic carbocycles. The average molecular weight is 497 g/mol. The van der Waals surface area contributed by atoms with Gasteiger partial charge < -0.3 is 23.7 Å². The van der Waals surface area contributed by atoms with E-state index in [1.165, 1.54) is 0 Å². The van der Waals surface area contributed by atoms with E-state index >= 15 is 0 Å². The Balaban J connectivity index is 5.55. The highest BCUT2D eigenvalue weighted by molar-refractivity contribution is 5.82. The van der Waals surface area contributed by atoms with Crippen LogP contribution in [0, 0.1) is 16.7 Å². The van der Waals surface area contributed by atoms with Crippen molar-refractivity contribution in [2.45, 2.75) is 47.0 Å². The van der Waals surface area contributed by atoms with E-state index in [4.69, 9.17) is 23.7 Å². The number of hydrogen-bond acceptors (Lipinski definition) is 9. The van der Waals surface area contributed by atoms with Gasteiger partial charge in [0.05, 0.1) is 24.0 Å². The second-order valence-corrected chi connectivity index (χ2v) is 8.89. The molecule has 0 heterocycles. The first-order chi connectivity index (χ1) is 16.5. The van der Waals surface area contributed by atoms with Crippen molar-refractivity contribution < 1.29 is 42.9 Å². The minimum atomic E-state index is -0.844. The third-order valence-corrected chi connectivity index (χ3v) is 5.49. The van der Waals surface area contributed by atoms with Gasteiger partial charge in [0, 0.05) is 24.6 Å². The maximum Gasteiger partial charge on any atom is 0.330 e.